The number of nitrogens with one attached hydrogen (secondary N) is 1. The van der Waals surface area contributed by atoms with Crippen molar-refractivity contribution in [1.29, 1.82) is 0 Å². The Morgan fingerprint density at radius 3 is 2.48 bits per heavy atom. The fourth-order valence-corrected chi connectivity index (χ4v) is 3.30. The van der Waals surface area contributed by atoms with Gasteiger partial charge in [0.05, 0.1) is 5.69 Å². The summed E-state index contributed by atoms with van der Waals surface area (Å²) in [6.45, 7) is 5.38. The number of carbonyl (C=O) groups is 1. The standard InChI is InChI=1S/C22H19Cl2N5O2/c1-22(2,3)31-21(30)26-17-12-14(10-11-25-17)20-19(13-4-6-15(23)7-5-13)27-18-9-8-16(24)28-29(18)20/h4-12H,1-3H3,(H,25,26,30). The summed E-state index contributed by atoms with van der Waals surface area (Å²) < 4.78 is 6.98. The first-order valence-electron chi connectivity index (χ1n) is 9.47. The minimum absolute atomic E-state index is 0.329. The van der Waals surface area contributed by atoms with Crippen LogP contribution in [0.4, 0.5) is 10.6 Å². The van der Waals surface area contributed by atoms with Crippen molar-refractivity contribution in [2.45, 2.75) is 26.4 Å². The molecule has 0 saturated carbocycles. The third-order valence-electron chi connectivity index (χ3n) is 4.22. The Hall–Kier alpha value is -3.16. The number of amides is 1. The second-order valence-electron chi connectivity index (χ2n) is 7.80. The van der Waals surface area contributed by atoms with Crippen molar-refractivity contribution in [3.8, 4) is 22.5 Å². The van der Waals surface area contributed by atoms with E-state index in [1.165, 1.54) is 0 Å². The van der Waals surface area contributed by atoms with E-state index in [1.54, 1.807) is 61.8 Å². The monoisotopic (exact) mass is 455 g/mol. The Bertz CT molecular complexity index is 1260. The zero-order valence-corrected chi connectivity index (χ0v) is 18.6. The van der Waals surface area contributed by atoms with Crippen LogP contribution in [-0.4, -0.2) is 31.3 Å². The Labute approximate surface area is 189 Å². The molecule has 9 heteroatoms. The summed E-state index contributed by atoms with van der Waals surface area (Å²) in [5.41, 5.74) is 3.01. The molecule has 1 aromatic carbocycles. The number of carbonyl (C=O) groups excluding carboxylic acids is 1. The van der Waals surface area contributed by atoms with Gasteiger partial charge in [0.2, 0.25) is 0 Å². The number of hydrogen-bond donors (Lipinski definition) is 1. The zero-order valence-electron chi connectivity index (χ0n) is 17.1. The topological polar surface area (TPSA) is 81.4 Å². The molecule has 3 aromatic heterocycles. The summed E-state index contributed by atoms with van der Waals surface area (Å²) in [6, 6.07) is 14.4. The lowest BCUT2D eigenvalue weighted by Crippen LogP contribution is -2.27. The van der Waals surface area contributed by atoms with E-state index < -0.39 is 11.7 Å². The van der Waals surface area contributed by atoms with Gasteiger partial charge in [-0.3, -0.25) is 5.32 Å². The molecule has 0 radical (unpaired) electrons. The molecule has 0 saturated heterocycles. The molecule has 31 heavy (non-hydrogen) atoms. The van der Waals surface area contributed by atoms with E-state index in [2.05, 4.69) is 15.4 Å². The van der Waals surface area contributed by atoms with Gasteiger partial charge in [-0.25, -0.2) is 19.3 Å². The fourth-order valence-electron chi connectivity index (χ4n) is 3.03. The highest BCUT2D eigenvalue weighted by Crippen LogP contribution is 2.34. The van der Waals surface area contributed by atoms with Gasteiger partial charge in [-0.15, -0.1) is 0 Å². The van der Waals surface area contributed by atoms with Crippen molar-refractivity contribution in [2.24, 2.45) is 0 Å². The zero-order chi connectivity index (χ0) is 22.2. The number of imidazole rings is 1. The average Bonchev–Trinajstić information content (AvgIpc) is 3.05. The lowest BCUT2D eigenvalue weighted by Gasteiger charge is -2.19. The van der Waals surface area contributed by atoms with Crippen molar-refractivity contribution in [1.82, 2.24) is 19.6 Å². The quantitative estimate of drug-likeness (QED) is 0.402. The third kappa shape index (κ3) is 4.78. The van der Waals surface area contributed by atoms with Gasteiger partial charge in [-0.2, -0.15) is 5.10 Å². The second kappa shape index (κ2) is 8.17. The highest BCUT2D eigenvalue weighted by molar-refractivity contribution is 6.30. The van der Waals surface area contributed by atoms with Gasteiger partial charge in [-0.1, -0.05) is 35.3 Å². The summed E-state index contributed by atoms with van der Waals surface area (Å²) in [6.07, 6.45) is 1.01. The average molecular weight is 456 g/mol. The first kappa shape index (κ1) is 21.1. The number of ether oxygens (including phenoxy) is 1. The first-order valence-corrected chi connectivity index (χ1v) is 10.2. The number of nitrogens with zero attached hydrogens (tertiary/aromatic N) is 4. The Morgan fingerprint density at radius 2 is 1.77 bits per heavy atom. The van der Waals surface area contributed by atoms with Crippen LogP contribution in [0, 0.1) is 0 Å². The van der Waals surface area contributed by atoms with Crippen molar-refractivity contribution in [2.75, 3.05) is 5.32 Å². The molecule has 158 valence electrons. The molecule has 0 aliphatic carbocycles. The minimum atomic E-state index is -0.619. The SMILES string of the molecule is CC(C)(C)OC(=O)Nc1cc(-c2c(-c3ccc(Cl)cc3)nc3ccc(Cl)nn23)ccn1. The van der Waals surface area contributed by atoms with E-state index in [0.29, 0.717) is 33.0 Å². The van der Waals surface area contributed by atoms with Gasteiger partial charge in [0.1, 0.15) is 22.3 Å². The van der Waals surface area contributed by atoms with Crippen LogP contribution >= 0.6 is 23.2 Å². The van der Waals surface area contributed by atoms with Crippen molar-refractivity contribution in [3.63, 3.8) is 0 Å². The second-order valence-corrected chi connectivity index (χ2v) is 8.62. The molecule has 4 aromatic rings. The lowest BCUT2D eigenvalue weighted by atomic mass is 10.1. The summed E-state index contributed by atoms with van der Waals surface area (Å²) in [5, 5.41) is 8.03. The number of benzene rings is 1. The van der Waals surface area contributed by atoms with E-state index in [1.807, 2.05) is 18.2 Å². The smallest absolute Gasteiger partial charge is 0.413 e. The van der Waals surface area contributed by atoms with Gasteiger partial charge >= 0.3 is 6.09 Å². The highest BCUT2D eigenvalue weighted by atomic mass is 35.5. The molecule has 0 bridgehead atoms. The maximum absolute atomic E-state index is 12.2. The van der Waals surface area contributed by atoms with Crippen LogP contribution in [0.1, 0.15) is 20.8 Å². The summed E-state index contributed by atoms with van der Waals surface area (Å²) in [7, 11) is 0. The Kier molecular flexibility index (Phi) is 5.56. The Balaban J connectivity index is 1.82. The summed E-state index contributed by atoms with van der Waals surface area (Å²) in [4.78, 5) is 21.1. The summed E-state index contributed by atoms with van der Waals surface area (Å²) >= 11 is 12.2. The van der Waals surface area contributed by atoms with Crippen LogP contribution in [0.2, 0.25) is 10.2 Å². The van der Waals surface area contributed by atoms with E-state index >= 15 is 0 Å². The van der Waals surface area contributed by atoms with Crippen LogP contribution in [-0.2, 0) is 4.74 Å². The molecule has 0 atom stereocenters. The first-order chi connectivity index (χ1) is 14.7. The highest BCUT2D eigenvalue weighted by Gasteiger charge is 2.20. The number of pyridine rings is 1. The van der Waals surface area contributed by atoms with E-state index in [9.17, 15) is 4.79 Å². The maximum Gasteiger partial charge on any atom is 0.413 e. The van der Waals surface area contributed by atoms with Crippen LogP contribution < -0.4 is 5.32 Å². The number of hydrogen-bond acceptors (Lipinski definition) is 5. The molecule has 0 spiro atoms. The lowest BCUT2D eigenvalue weighted by molar-refractivity contribution is 0.0635. The van der Waals surface area contributed by atoms with Crippen LogP contribution in [0.25, 0.3) is 28.2 Å². The molecular weight excluding hydrogens is 437 g/mol. The molecule has 0 aliphatic heterocycles. The summed E-state index contributed by atoms with van der Waals surface area (Å²) in [5.74, 6) is 0.339. The van der Waals surface area contributed by atoms with E-state index in [0.717, 1.165) is 11.1 Å². The largest absolute Gasteiger partial charge is 0.444 e. The van der Waals surface area contributed by atoms with E-state index in [4.69, 9.17) is 32.9 Å². The van der Waals surface area contributed by atoms with Gasteiger partial charge in [0, 0.05) is 22.3 Å². The van der Waals surface area contributed by atoms with Crippen LogP contribution in [0.5, 0.6) is 0 Å². The van der Waals surface area contributed by atoms with E-state index in [-0.39, 0.29) is 0 Å². The molecule has 1 N–H and O–H groups in total. The molecule has 4 rings (SSSR count). The van der Waals surface area contributed by atoms with Crippen molar-refractivity contribution in [3.05, 3.63) is 64.9 Å². The molecule has 0 fully saturated rings. The van der Waals surface area contributed by atoms with Gasteiger partial charge in [-0.05, 0) is 57.2 Å². The predicted molar refractivity (Wildman–Crippen MR) is 122 cm³/mol. The van der Waals surface area contributed by atoms with Gasteiger partial charge < -0.3 is 4.74 Å². The van der Waals surface area contributed by atoms with Crippen molar-refractivity contribution < 1.29 is 9.53 Å². The molecule has 0 unspecified atom stereocenters. The molecule has 7 nitrogen and oxygen atoms in total. The number of rotatable bonds is 3. The molecular formula is C22H19Cl2N5O2. The van der Waals surface area contributed by atoms with Crippen LogP contribution in [0.3, 0.4) is 0 Å². The van der Waals surface area contributed by atoms with Gasteiger partial charge in [0.15, 0.2) is 5.65 Å². The number of fused-ring (bicyclic) bond motifs is 1. The molecule has 0 aliphatic rings. The molecule has 3 heterocycles. The Morgan fingerprint density at radius 1 is 1.03 bits per heavy atom. The maximum atomic E-state index is 12.2. The van der Waals surface area contributed by atoms with Crippen LogP contribution in [0.15, 0.2) is 54.7 Å². The number of halogens is 2. The molecule has 1 amide bonds. The van der Waals surface area contributed by atoms with Crippen molar-refractivity contribution >= 4 is 40.8 Å². The number of anilines is 1. The predicted octanol–water partition coefficient (Wildman–Crippen LogP) is 6.11. The fraction of sp³-hybridized carbons (Fsp3) is 0.182. The minimum Gasteiger partial charge on any atom is -0.444 e. The normalized spacial score (nSPS) is 11.5. The number of aromatic nitrogens is 4. The third-order valence-corrected chi connectivity index (χ3v) is 4.68. The van der Waals surface area contributed by atoms with Gasteiger partial charge in [0.25, 0.3) is 0 Å².